The standard InChI is InChI=1S/C15H18ClN3O/c1-10(2)17-7-12-8-18-15(19-9-12)20-14-5-4-13(16)6-11(14)3/h4-6,8-10,17H,7H2,1-3H3. The van der Waals surface area contributed by atoms with Crippen molar-refractivity contribution in [2.45, 2.75) is 33.4 Å². The highest BCUT2D eigenvalue weighted by atomic mass is 35.5. The van der Waals surface area contributed by atoms with E-state index in [9.17, 15) is 0 Å². The molecule has 0 saturated heterocycles. The zero-order chi connectivity index (χ0) is 14.5. The number of benzene rings is 1. The SMILES string of the molecule is Cc1cc(Cl)ccc1Oc1ncc(CNC(C)C)cn1. The van der Waals surface area contributed by atoms with Gasteiger partial charge in [-0.3, -0.25) is 0 Å². The van der Waals surface area contributed by atoms with E-state index in [1.165, 1.54) is 0 Å². The minimum absolute atomic E-state index is 0.337. The zero-order valence-corrected chi connectivity index (χ0v) is 12.6. The lowest BCUT2D eigenvalue weighted by Crippen LogP contribution is -2.21. The molecule has 0 amide bonds. The molecule has 2 aromatic rings. The van der Waals surface area contributed by atoms with Crippen molar-refractivity contribution in [3.05, 3.63) is 46.7 Å². The highest BCUT2D eigenvalue weighted by molar-refractivity contribution is 6.30. The molecule has 1 N–H and O–H groups in total. The number of ether oxygens (including phenoxy) is 1. The molecule has 106 valence electrons. The maximum absolute atomic E-state index is 5.91. The van der Waals surface area contributed by atoms with Gasteiger partial charge in [0.05, 0.1) is 0 Å². The summed E-state index contributed by atoms with van der Waals surface area (Å²) in [6.07, 6.45) is 3.53. The summed E-state index contributed by atoms with van der Waals surface area (Å²) in [5, 5.41) is 4.00. The molecule has 0 spiro atoms. The first-order valence-electron chi connectivity index (χ1n) is 6.53. The minimum atomic E-state index is 0.337. The number of nitrogens with zero attached hydrogens (tertiary/aromatic N) is 2. The fourth-order valence-electron chi connectivity index (χ4n) is 1.63. The van der Waals surface area contributed by atoms with E-state index in [1.807, 2.05) is 19.1 Å². The van der Waals surface area contributed by atoms with Crippen LogP contribution in [-0.2, 0) is 6.54 Å². The molecule has 0 fully saturated rings. The molecule has 20 heavy (non-hydrogen) atoms. The third kappa shape index (κ3) is 4.18. The van der Waals surface area contributed by atoms with Crippen LogP contribution >= 0.6 is 11.6 Å². The summed E-state index contributed by atoms with van der Waals surface area (Å²) in [4.78, 5) is 8.42. The molecule has 0 radical (unpaired) electrons. The van der Waals surface area contributed by atoms with E-state index in [0.29, 0.717) is 22.8 Å². The third-order valence-corrected chi connectivity index (χ3v) is 2.97. The molecule has 0 saturated carbocycles. The van der Waals surface area contributed by atoms with Crippen LogP contribution in [0.15, 0.2) is 30.6 Å². The van der Waals surface area contributed by atoms with E-state index in [0.717, 1.165) is 17.7 Å². The van der Waals surface area contributed by atoms with Gasteiger partial charge in [0, 0.05) is 35.6 Å². The van der Waals surface area contributed by atoms with E-state index in [1.54, 1.807) is 18.5 Å². The van der Waals surface area contributed by atoms with E-state index in [4.69, 9.17) is 16.3 Å². The van der Waals surface area contributed by atoms with Gasteiger partial charge in [-0.1, -0.05) is 25.4 Å². The first-order valence-corrected chi connectivity index (χ1v) is 6.90. The van der Waals surface area contributed by atoms with Gasteiger partial charge in [0.1, 0.15) is 5.75 Å². The summed E-state index contributed by atoms with van der Waals surface area (Å²) in [7, 11) is 0. The molecule has 0 atom stereocenters. The molecule has 1 aromatic carbocycles. The summed E-state index contributed by atoms with van der Waals surface area (Å²) < 4.78 is 5.64. The van der Waals surface area contributed by atoms with Crippen molar-refractivity contribution in [3.8, 4) is 11.8 Å². The fourth-order valence-corrected chi connectivity index (χ4v) is 1.86. The lowest BCUT2D eigenvalue weighted by molar-refractivity contribution is 0.437. The Bertz CT molecular complexity index is 570. The molecule has 0 aliphatic carbocycles. The van der Waals surface area contributed by atoms with Crippen LogP contribution in [0.5, 0.6) is 11.8 Å². The van der Waals surface area contributed by atoms with Crippen LogP contribution in [0.25, 0.3) is 0 Å². The Hall–Kier alpha value is -1.65. The van der Waals surface area contributed by atoms with Gasteiger partial charge >= 0.3 is 6.01 Å². The number of hydrogen-bond acceptors (Lipinski definition) is 4. The number of aromatic nitrogens is 2. The monoisotopic (exact) mass is 291 g/mol. The molecule has 0 unspecified atom stereocenters. The summed E-state index contributed by atoms with van der Waals surface area (Å²) in [5.74, 6) is 0.711. The van der Waals surface area contributed by atoms with Crippen molar-refractivity contribution in [1.29, 1.82) is 0 Å². The number of halogens is 1. The van der Waals surface area contributed by atoms with E-state index in [2.05, 4.69) is 29.1 Å². The van der Waals surface area contributed by atoms with Crippen molar-refractivity contribution >= 4 is 11.6 Å². The summed E-state index contributed by atoms with van der Waals surface area (Å²) >= 11 is 5.91. The van der Waals surface area contributed by atoms with E-state index >= 15 is 0 Å². The summed E-state index contributed by atoms with van der Waals surface area (Å²) in [6, 6.07) is 6.21. The molecule has 1 aromatic heterocycles. The highest BCUT2D eigenvalue weighted by Gasteiger charge is 2.05. The Morgan fingerprint density at radius 1 is 1.25 bits per heavy atom. The van der Waals surface area contributed by atoms with Gasteiger partial charge in [0.25, 0.3) is 0 Å². The lowest BCUT2D eigenvalue weighted by atomic mass is 10.2. The molecule has 0 aliphatic rings. The summed E-state index contributed by atoms with van der Waals surface area (Å²) in [5.41, 5.74) is 1.98. The Balaban J connectivity index is 2.03. The maximum Gasteiger partial charge on any atom is 0.321 e. The van der Waals surface area contributed by atoms with Gasteiger partial charge in [0.15, 0.2) is 0 Å². The van der Waals surface area contributed by atoms with Gasteiger partial charge < -0.3 is 10.1 Å². The largest absolute Gasteiger partial charge is 0.424 e. The van der Waals surface area contributed by atoms with E-state index in [-0.39, 0.29) is 0 Å². The Labute approximate surface area is 124 Å². The van der Waals surface area contributed by atoms with Crippen LogP contribution < -0.4 is 10.1 Å². The van der Waals surface area contributed by atoms with Crippen LogP contribution in [0.1, 0.15) is 25.0 Å². The number of aryl methyl sites for hydroxylation is 1. The number of nitrogens with one attached hydrogen (secondary N) is 1. The highest BCUT2D eigenvalue weighted by Crippen LogP contribution is 2.25. The average Bonchev–Trinajstić information content (AvgIpc) is 2.41. The molecular formula is C15H18ClN3O. The third-order valence-electron chi connectivity index (χ3n) is 2.73. The molecular weight excluding hydrogens is 274 g/mol. The fraction of sp³-hybridized carbons (Fsp3) is 0.333. The van der Waals surface area contributed by atoms with Crippen LogP contribution in [-0.4, -0.2) is 16.0 Å². The zero-order valence-electron chi connectivity index (χ0n) is 11.9. The van der Waals surface area contributed by atoms with Gasteiger partial charge in [-0.25, -0.2) is 9.97 Å². The molecule has 0 bridgehead atoms. The lowest BCUT2D eigenvalue weighted by Gasteiger charge is -2.09. The molecule has 0 aliphatic heterocycles. The Morgan fingerprint density at radius 3 is 2.55 bits per heavy atom. The van der Waals surface area contributed by atoms with Crippen LogP contribution in [0, 0.1) is 6.92 Å². The first-order chi connectivity index (χ1) is 9.54. The van der Waals surface area contributed by atoms with Gasteiger partial charge in [0.2, 0.25) is 0 Å². The molecule has 1 heterocycles. The minimum Gasteiger partial charge on any atom is -0.424 e. The number of rotatable bonds is 5. The average molecular weight is 292 g/mol. The van der Waals surface area contributed by atoms with Gasteiger partial charge in [-0.2, -0.15) is 0 Å². The smallest absolute Gasteiger partial charge is 0.321 e. The topological polar surface area (TPSA) is 47.0 Å². The second-order valence-corrected chi connectivity index (χ2v) is 5.36. The van der Waals surface area contributed by atoms with Gasteiger partial charge in [-0.05, 0) is 30.7 Å². The van der Waals surface area contributed by atoms with Crippen molar-refractivity contribution in [2.75, 3.05) is 0 Å². The van der Waals surface area contributed by atoms with Crippen LogP contribution in [0.3, 0.4) is 0 Å². The summed E-state index contributed by atoms with van der Waals surface area (Å²) in [6.45, 7) is 6.88. The predicted octanol–water partition coefficient (Wildman–Crippen LogP) is 3.73. The van der Waals surface area contributed by atoms with Gasteiger partial charge in [-0.15, -0.1) is 0 Å². The molecule has 5 heteroatoms. The second kappa shape index (κ2) is 6.68. The molecule has 4 nitrogen and oxygen atoms in total. The second-order valence-electron chi connectivity index (χ2n) is 4.92. The van der Waals surface area contributed by atoms with Crippen molar-refractivity contribution in [2.24, 2.45) is 0 Å². The van der Waals surface area contributed by atoms with Crippen molar-refractivity contribution in [3.63, 3.8) is 0 Å². The Kier molecular flexibility index (Phi) is 4.93. The maximum atomic E-state index is 5.91. The molecule has 2 rings (SSSR count). The first kappa shape index (κ1) is 14.8. The van der Waals surface area contributed by atoms with Crippen molar-refractivity contribution in [1.82, 2.24) is 15.3 Å². The Morgan fingerprint density at radius 2 is 1.95 bits per heavy atom. The van der Waals surface area contributed by atoms with Crippen LogP contribution in [0.2, 0.25) is 5.02 Å². The predicted molar refractivity (Wildman–Crippen MR) is 80.3 cm³/mol. The normalized spacial score (nSPS) is 10.8. The van der Waals surface area contributed by atoms with E-state index < -0.39 is 0 Å². The number of hydrogen-bond donors (Lipinski definition) is 1. The quantitative estimate of drug-likeness (QED) is 0.912. The van der Waals surface area contributed by atoms with Crippen molar-refractivity contribution < 1.29 is 4.74 Å². The van der Waals surface area contributed by atoms with Crippen LogP contribution in [0.4, 0.5) is 0 Å².